The van der Waals surface area contributed by atoms with Crippen molar-refractivity contribution in [2.45, 2.75) is 25.9 Å². The minimum absolute atomic E-state index is 0.254. The second-order valence-electron chi connectivity index (χ2n) is 10.2. The van der Waals surface area contributed by atoms with Gasteiger partial charge in [0.2, 0.25) is 11.8 Å². The van der Waals surface area contributed by atoms with Gasteiger partial charge in [-0.05, 0) is 85.3 Å². The topological polar surface area (TPSA) is 99.1 Å². The summed E-state index contributed by atoms with van der Waals surface area (Å²) in [5.41, 5.74) is 4.17. The molecule has 3 aromatic rings. The smallest absolute Gasteiger partial charge is 0.487 e. The number of phenols is 1. The van der Waals surface area contributed by atoms with E-state index in [4.69, 9.17) is 4.65 Å². The Morgan fingerprint density at radius 1 is 0.974 bits per heavy atom. The van der Waals surface area contributed by atoms with E-state index in [1.54, 1.807) is 12.1 Å². The molecule has 2 saturated heterocycles. The van der Waals surface area contributed by atoms with Crippen molar-refractivity contribution in [2.75, 3.05) is 10.2 Å². The quantitative estimate of drug-likeness (QED) is 0.340. The predicted molar refractivity (Wildman–Crippen MR) is 141 cm³/mol. The van der Waals surface area contributed by atoms with Crippen molar-refractivity contribution in [3.05, 3.63) is 95.2 Å². The lowest BCUT2D eigenvalue weighted by Gasteiger charge is -2.41. The van der Waals surface area contributed by atoms with Crippen molar-refractivity contribution in [1.82, 2.24) is 0 Å². The van der Waals surface area contributed by atoms with Crippen LogP contribution < -0.4 is 10.2 Å². The SMILES string of the molecule is CC1=C2B(O)O[C@H](c3ccc(O)c(F)c3)C[C@H]2[C@H]2C(=O)N(c3ccc(Nc4ccccc4)cc3)C(=O)[C@H]2C1. The number of nitrogens with zero attached hydrogens (tertiary/aromatic N) is 1. The third-order valence-electron chi connectivity index (χ3n) is 7.89. The summed E-state index contributed by atoms with van der Waals surface area (Å²) in [6.07, 6.45) is -0.0211. The third kappa shape index (κ3) is 4.08. The van der Waals surface area contributed by atoms with Crippen LogP contribution in [0.2, 0.25) is 0 Å². The molecule has 0 aromatic heterocycles. The van der Waals surface area contributed by atoms with Gasteiger partial charge in [-0.2, -0.15) is 0 Å². The first-order valence-corrected chi connectivity index (χ1v) is 12.6. The summed E-state index contributed by atoms with van der Waals surface area (Å²) in [6.45, 7) is 1.86. The maximum atomic E-state index is 14.1. The number of para-hydroxylation sites is 1. The van der Waals surface area contributed by atoms with Gasteiger partial charge in [-0.3, -0.25) is 14.5 Å². The number of nitrogens with one attached hydrogen (secondary N) is 1. The number of rotatable bonds is 4. The summed E-state index contributed by atoms with van der Waals surface area (Å²) in [5, 5.41) is 23.8. The van der Waals surface area contributed by atoms with Crippen LogP contribution in [0.3, 0.4) is 0 Å². The number of phenolic OH excluding ortho intramolecular Hbond substituents is 1. The highest BCUT2D eigenvalue weighted by atomic mass is 19.1. The number of halogens is 1. The summed E-state index contributed by atoms with van der Waals surface area (Å²) in [5.74, 6) is -3.44. The highest BCUT2D eigenvalue weighted by Crippen LogP contribution is 2.52. The van der Waals surface area contributed by atoms with Crippen LogP contribution in [0, 0.1) is 23.6 Å². The average Bonchev–Trinajstić information content (AvgIpc) is 3.16. The Hall–Kier alpha value is -3.95. The van der Waals surface area contributed by atoms with Crippen molar-refractivity contribution in [1.29, 1.82) is 0 Å². The second-order valence-corrected chi connectivity index (χ2v) is 10.2. The Kier molecular flexibility index (Phi) is 6.05. The van der Waals surface area contributed by atoms with Gasteiger partial charge >= 0.3 is 7.12 Å². The fourth-order valence-corrected chi connectivity index (χ4v) is 6.13. The molecule has 3 aliphatic rings. The van der Waals surface area contributed by atoms with Gasteiger partial charge in [0.1, 0.15) is 0 Å². The van der Waals surface area contributed by atoms with Gasteiger partial charge in [0, 0.05) is 11.4 Å². The van der Waals surface area contributed by atoms with E-state index in [2.05, 4.69) is 5.32 Å². The average molecular weight is 512 g/mol. The number of carbonyl (C=O) groups is 2. The molecule has 0 spiro atoms. The van der Waals surface area contributed by atoms with Crippen LogP contribution in [0.4, 0.5) is 21.5 Å². The minimum Gasteiger partial charge on any atom is -0.505 e. The van der Waals surface area contributed by atoms with Crippen LogP contribution >= 0.6 is 0 Å². The second kappa shape index (κ2) is 9.42. The summed E-state index contributed by atoms with van der Waals surface area (Å²) in [7, 11) is -1.27. The molecule has 3 N–H and O–H groups in total. The lowest BCUT2D eigenvalue weighted by atomic mass is 9.55. The molecular weight excluding hydrogens is 486 g/mol. The van der Waals surface area contributed by atoms with Crippen molar-refractivity contribution in [3.63, 3.8) is 0 Å². The van der Waals surface area contributed by atoms with E-state index in [-0.39, 0.29) is 11.8 Å². The first kappa shape index (κ1) is 24.4. The van der Waals surface area contributed by atoms with Crippen LogP contribution in [-0.4, -0.2) is 29.1 Å². The van der Waals surface area contributed by atoms with E-state index >= 15 is 0 Å². The molecule has 6 rings (SSSR count). The van der Waals surface area contributed by atoms with Gasteiger partial charge in [-0.1, -0.05) is 29.8 Å². The van der Waals surface area contributed by atoms with E-state index in [0.717, 1.165) is 16.9 Å². The molecule has 0 unspecified atom stereocenters. The van der Waals surface area contributed by atoms with Gasteiger partial charge in [0.15, 0.2) is 11.6 Å². The Morgan fingerprint density at radius 2 is 1.68 bits per heavy atom. The number of carbonyl (C=O) groups excluding carboxylic acids is 2. The van der Waals surface area contributed by atoms with Crippen molar-refractivity contribution in [3.8, 4) is 5.75 Å². The van der Waals surface area contributed by atoms with E-state index in [1.165, 1.54) is 23.1 Å². The van der Waals surface area contributed by atoms with Crippen LogP contribution in [0.5, 0.6) is 5.75 Å². The van der Waals surface area contributed by atoms with Crippen LogP contribution in [0.25, 0.3) is 0 Å². The monoisotopic (exact) mass is 512 g/mol. The molecule has 9 heteroatoms. The maximum absolute atomic E-state index is 14.1. The van der Waals surface area contributed by atoms with Gasteiger partial charge in [-0.15, -0.1) is 0 Å². The first-order chi connectivity index (χ1) is 18.3. The normalized spacial score (nSPS) is 24.9. The van der Waals surface area contributed by atoms with E-state index in [0.29, 0.717) is 29.6 Å². The zero-order valence-corrected chi connectivity index (χ0v) is 20.7. The lowest BCUT2D eigenvalue weighted by molar-refractivity contribution is -0.123. The number of hydrogen-bond donors (Lipinski definition) is 3. The number of benzene rings is 3. The van der Waals surface area contributed by atoms with E-state index in [9.17, 15) is 24.1 Å². The zero-order valence-electron chi connectivity index (χ0n) is 20.7. The number of imide groups is 1. The summed E-state index contributed by atoms with van der Waals surface area (Å²) < 4.78 is 19.9. The molecule has 2 aliphatic heterocycles. The standard InChI is InChI=1S/C29H26BFN2O5/c1-16-13-22-26(21-15-25(38-30(37)27(16)21)17-7-12-24(34)23(31)14-17)29(36)33(28(22)35)20-10-8-19(9-11-20)32-18-5-3-2-4-6-18/h2-12,14,21-22,25-26,32,34,37H,13,15H2,1H3/t21-,22-,25-,26+/m0/s1. The molecule has 3 aromatic carbocycles. The molecule has 4 atom stereocenters. The largest absolute Gasteiger partial charge is 0.505 e. The van der Waals surface area contributed by atoms with Crippen LogP contribution in [-0.2, 0) is 14.2 Å². The van der Waals surface area contributed by atoms with Gasteiger partial charge in [0.05, 0.1) is 23.6 Å². The van der Waals surface area contributed by atoms with Gasteiger partial charge < -0.3 is 20.1 Å². The molecule has 2 amide bonds. The molecule has 0 saturated carbocycles. The fraction of sp³-hybridized carbons (Fsp3) is 0.241. The van der Waals surface area contributed by atoms with Crippen molar-refractivity contribution >= 4 is 36.0 Å². The summed E-state index contributed by atoms with van der Waals surface area (Å²) in [4.78, 5) is 28.6. The Morgan fingerprint density at radius 3 is 2.39 bits per heavy atom. The van der Waals surface area contributed by atoms with Crippen LogP contribution in [0.1, 0.15) is 31.4 Å². The number of fused-ring (bicyclic) bond motifs is 3. The molecule has 1 aliphatic carbocycles. The third-order valence-corrected chi connectivity index (χ3v) is 7.89. The van der Waals surface area contributed by atoms with E-state index in [1.807, 2.05) is 49.4 Å². The molecule has 38 heavy (non-hydrogen) atoms. The van der Waals surface area contributed by atoms with Crippen molar-refractivity contribution in [2.24, 2.45) is 17.8 Å². The minimum atomic E-state index is -1.27. The van der Waals surface area contributed by atoms with Crippen LogP contribution in [0.15, 0.2) is 83.8 Å². The number of aromatic hydroxyl groups is 1. The Labute approximate surface area is 219 Å². The molecule has 0 bridgehead atoms. The molecule has 7 nitrogen and oxygen atoms in total. The molecule has 192 valence electrons. The maximum Gasteiger partial charge on any atom is 0.487 e. The molecule has 2 fully saturated rings. The fourth-order valence-electron chi connectivity index (χ4n) is 6.13. The zero-order chi connectivity index (χ0) is 26.6. The Balaban J connectivity index is 1.28. The number of hydrogen-bond acceptors (Lipinski definition) is 6. The highest BCUT2D eigenvalue weighted by Gasteiger charge is 2.57. The van der Waals surface area contributed by atoms with E-state index < -0.39 is 42.5 Å². The molecule has 0 radical (unpaired) electrons. The Bertz CT molecular complexity index is 1450. The lowest BCUT2D eigenvalue weighted by Crippen LogP contribution is -2.44. The highest BCUT2D eigenvalue weighted by molar-refractivity contribution is 6.53. The summed E-state index contributed by atoms with van der Waals surface area (Å²) >= 11 is 0. The molecular formula is C29H26BFN2O5. The number of allylic oxidation sites excluding steroid dienone is 2. The van der Waals surface area contributed by atoms with Crippen molar-refractivity contribution < 1.29 is 28.8 Å². The summed E-state index contributed by atoms with van der Waals surface area (Å²) in [6, 6.07) is 20.8. The first-order valence-electron chi connectivity index (χ1n) is 12.6. The van der Waals surface area contributed by atoms with Gasteiger partial charge in [-0.25, -0.2) is 4.39 Å². The molecule has 2 heterocycles. The van der Waals surface area contributed by atoms with Gasteiger partial charge in [0.25, 0.3) is 0 Å². The number of amides is 2. The predicted octanol–water partition coefficient (Wildman–Crippen LogP) is 4.90. The number of anilines is 3.